The molecule has 0 saturated carbocycles. The number of likely N-dealkylation sites (tertiary alicyclic amines) is 1. The Kier molecular flexibility index (Phi) is 5.15. The molecule has 1 aromatic carbocycles. The Bertz CT molecular complexity index is 678. The molecule has 2 heterocycles. The summed E-state index contributed by atoms with van der Waals surface area (Å²) in [5.41, 5.74) is 0.467. The Labute approximate surface area is 144 Å². The molecule has 1 aromatic heterocycles. The van der Waals surface area contributed by atoms with Gasteiger partial charge in [0, 0.05) is 19.2 Å². The van der Waals surface area contributed by atoms with Gasteiger partial charge in [-0.1, -0.05) is 23.4 Å². The number of hydrogen-bond donors (Lipinski definition) is 1. The zero-order chi connectivity index (χ0) is 17.9. The fourth-order valence-electron chi connectivity index (χ4n) is 3.42. The molecule has 1 saturated heterocycles. The van der Waals surface area contributed by atoms with Crippen molar-refractivity contribution in [2.24, 2.45) is 5.41 Å². The maximum Gasteiger partial charge on any atom is 0.416 e. The molecule has 0 spiro atoms. The first-order chi connectivity index (χ1) is 11.9. The van der Waals surface area contributed by atoms with Gasteiger partial charge in [-0.2, -0.15) is 13.2 Å². The lowest BCUT2D eigenvalue weighted by Gasteiger charge is -2.40. The van der Waals surface area contributed by atoms with Gasteiger partial charge in [0.1, 0.15) is 6.26 Å². The van der Waals surface area contributed by atoms with E-state index in [-0.39, 0.29) is 12.0 Å². The third-order valence-corrected chi connectivity index (χ3v) is 4.96. The van der Waals surface area contributed by atoms with Gasteiger partial charge in [-0.15, -0.1) is 0 Å². The minimum Gasteiger partial charge on any atom is -0.396 e. The summed E-state index contributed by atoms with van der Waals surface area (Å²) >= 11 is 0. The molecule has 0 radical (unpaired) electrons. The molecule has 0 aliphatic carbocycles. The van der Waals surface area contributed by atoms with Crippen LogP contribution in [0.5, 0.6) is 0 Å². The highest BCUT2D eigenvalue weighted by Gasteiger charge is 2.35. The lowest BCUT2D eigenvalue weighted by atomic mass is 9.74. The van der Waals surface area contributed by atoms with Crippen molar-refractivity contribution in [3.8, 4) is 0 Å². The van der Waals surface area contributed by atoms with Crippen LogP contribution in [0.2, 0.25) is 0 Å². The van der Waals surface area contributed by atoms with Crippen molar-refractivity contribution in [3.63, 3.8) is 0 Å². The molecule has 1 fully saturated rings. The minimum atomic E-state index is -4.34. The first-order valence-electron chi connectivity index (χ1n) is 8.29. The van der Waals surface area contributed by atoms with Crippen LogP contribution in [0, 0.1) is 5.41 Å². The molecule has 0 unspecified atom stereocenters. The summed E-state index contributed by atoms with van der Waals surface area (Å²) in [6, 6.07) is 7.22. The van der Waals surface area contributed by atoms with Crippen molar-refractivity contribution in [2.75, 3.05) is 19.7 Å². The van der Waals surface area contributed by atoms with E-state index in [2.05, 4.69) is 10.1 Å². The maximum atomic E-state index is 12.9. The van der Waals surface area contributed by atoms with E-state index in [1.807, 2.05) is 6.07 Å². The fourth-order valence-corrected chi connectivity index (χ4v) is 3.42. The Morgan fingerprint density at radius 1 is 1.20 bits per heavy atom. The van der Waals surface area contributed by atoms with Crippen molar-refractivity contribution in [3.05, 3.63) is 53.4 Å². The molecule has 4 nitrogen and oxygen atoms in total. The van der Waals surface area contributed by atoms with Gasteiger partial charge in [0.05, 0.1) is 11.3 Å². The minimum absolute atomic E-state index is 0.0267. The topological polar surface area (TPSA) is 49.5 Å². The van der Waals surface area contributed by atoms with Gasteiger partial charge in [0.2, 0.25) is 0 Å². The molecule has 0 amide bonds. The zero-order valence-electron chi connectivity index (χ0n) is 13.8. The molecule has 1 N–H and O–H groups in total. The summed E-state index contributed by atoms with van der Waals surface area (Å²) in [4.78, 5) is 2.22. The Morgan fingerprint density at radius 2 is 1.96 bits per heavy atom. The number of aliphatic hydroxyl groups is 1. The monoisotopic (exact) mass is 354 g/mol. The van der Waals surface area contributed by atoms with Crippen molar-refractivity contribution in [2.45, 2.75) is 32.0 Å². The van der Waals surface area contributed by atoms with Gasteiger partial charge in [0.25, 0.3) is 0 Å². The highest BCUT2D eigenvalue weighted by Crippen LogP contribution is 2.36. The van der Waals surface area contributed by atoms with E-state index < -0.39 is 11.7 Å². The SMILES string of the molecule is OCC1(Cc2cccc(C(F)(F)F)c2)CCN(Cc2ccon2)CC1. The summed E-state index contributed by atoms with van der Waals surface area (Å²) in [6.07, 6.45) is -0.894. The summed E-state index contributed by atoms with van der Waals surface area (Å²) in [5.74, 6) is 0. The predicted molar refractivity (Wildman–Crippen MR) is 85.7 cm³/mol. The normalized spacial score (nSPS) is 18.4. The molecule has 1 aliphatic rings. The molecule has 0 bridgehead atoms. The predicted octanol–water partition coefficient (Wildman–Crippen LogP) is 3.51. The second-order valence-electron chi connectivity index (χ2n) is 6.80. The zero-order valence-corrected chi connectivity index (χ0v) is 13.8. The van der Waals surface area contributed by atoms with Crippen molar-refractivity contribution >= 4 is 0 Å². The molecule has 7 heteroatoms. The van der Waals surface area contributed by atoms with Crippen LogP contribution in [0.25, 0.3) is 0 Å². The highest BCUT2D eigenvalue weighted by molar-refractivity contribution is 5.26. The van der Waals surface area contributed by atoms with Crippen LogP contribution in [0.4, 0.5) is 13.2 Å². The summed E-state index contributed by atoms with van der Waals surface area (Å²) in [5, 5.41) is 13.8. The van der Waals surface area contributed by atoms with E-state index in [0.717, 1.165) is 37.7 Å². The van der Waals surface area contributed by atoms with E-state index in [1.165, 1.54) is 18.4 Å². The fraction of sp³-hybridized carbons (Fsp3) is 0.500. The van der Waals surface area contributed by atoms with Gasteiger partial charge in [-0.25, -0.2) is 0 Å². The average Bonchev–Trinajstić information content (AvgIpc) is 3.09. The quantitative estimate of drug-likeness (QED) is 0.893. The number of halogens is 3. The number of aromatic nitrogens is 1. The van der Waals surface area contributed by atoms with E-state index in [9.17, 15) is 18.3 Å². The third kappa shape index (κ3) is 4.41. The standard InChI is InChI=1S/C18H21F3N2O2/c19-18(20,21)15-3-1-2-14(10-15)11-17(13-24)5-7-23(8-6-17)12-16-4-9-25-22-16/h1-4,9-10,24H,5-8,11-13H2. The number of benzene rings is 1. The molecule has 136 valence electrons. The molecule has 0 atom stereocenters. The van der Waals surface area contributed by atoms with Gasteiger partial charge in [-0.05, 0) is 49.4 Å². The third-order valence-electron chi connectivity index (χ3n) is 4.96. The lowest BCUT2D eigenvalue weighted by molar-refractivity contribution is -0.137. The van der Waals surface area contributed by atoms with Gasteiger partial charge in [0.15, 0.2) is 0 Å². The van der Waals surface area contributed by atoms with Crippen molar-refractivity contribution in [1.29, 1.82) is 0 Å². The largest absolute Gasteiger partial charge is 0.416 e. The Hall–Kier alpha value is -1.86. The number of nitrogens with zero attached hydrogens (tertiary/aromatic N) is 2. The summed E-state index contributed by atoms with van der Waals surface area (Å²) in [6.45, 7) is 2.20. The average molecular weight is 354 g/mol. The lowest BCUT2D eigenvalue weighted by Crippen LogP contribution is -2.43. The number of rotatable bonds is 5. The van der Waals surface area contributed by atoms with Crippen LogP contribution in [0.3, 0.4) is 0 Å². The molecule has 3 rings (SSSR count). The van der Waals surface area contributed by atoms with Crippen LogP contribution in [-0.2, 0) is 19.1 Å². The van der Waals surface area contributed by atoms with Crippen LogP contribution in [-0.4, -0.2) is 34.9 Å². The second kappa shape index (κ2) is 7.17. The number of hydrogen-bond acceptors (Lipinski definition) is 4. The Morgan fingerprint density at radius 3 is 2.56 bits per heavy atom. The summed E-state index contributed by atoms with van der Waals surface area (Å²) in [7, 11) is 0. The number of piperidine rings is 1. The second-order valence-corrected chi connectivity index (χ2v) is 6.80. The molecule has 1 aliphatic heterocycles. The van der Waals surface area contributed by atoms with Gasteiger partial charge < -0.3 is 9.63 Å². The van der Waals surface area contributed by atoms with E-state index >= 15 is 0 Å². The first-order valence-corrected chi connectivity index (χ1v) is 8.29. The van der Waals surface area contributed by atoms with Gasteiger partial charge in [-0.3, -0.25) is 4.90 Å². The molecular weight excluding hydrogens is 333 g/mol. The van der Waals surface area contributed by atoms with E-state index in [1.54, 1.807) is 6.07 Å². The van der Waals surface area contributed by atoms with Crippen molar-refractivity contribution in [1.82, 2.24) is 10.1 Å². The van der Waals surface area contributed by atoms with Crippen molar-refractivity contribution < 1.29 is 22.8 Å². The van der Waals surface area contributed by atoms with Crippen LogP contribution in [0.1, 0.15) is 29.7 Å². The summed E-state index contributed by atoms with van der Waals surface area (Å²) < 4.78 is 43.5. The highest BCUT2D eigenvalue weighted by atomic mass is 19.4. The first kappa shape index (κ1) is 17.9. The van der Waals surface area contributed by atoms with E-state index in [0.29, 0.717) is 18.5 Å². The molecule has 2 aromatic rings. The van der Waals surface area contributed by atoms with Crippen LogP contribution >= 0.6 is 0 Å². The molecule has 25 heavy (non-hydrogen) atoms. The van der Waals surface area contributed by atoms with Gasteiger partial charge >= 0.3 is 6.18 Å². The van der Waals surface area contributed by atoms with Crippen LogP contribution in [0.15, 0.2) is 41.1 Å². The number of alkyl halides is 3. The van der Waals surface area contributed by atoms with E-state index in [4.69, 9.17) is 4.52 Å². The van der Waals surface area contributed by atoms with Crippen LogP contribution < -0.4 is 0 Å². The molecular formula is C18H21F3N2O2. The smallest absolute Gasteiger partial charge is 0.396 e. The maximum absolute atomic E-state index is 12.9. The Balaban J connectivity index is 1.65. The number of aliphatic hydroxyl groups excluding tert-OH is 1.